The Labute approximate surface area is 150 Å². The Morgan fingerprint density at radius 2 is 2.04 bits per heavy atom. The Hall–Kier alpha value is -2.68. The van der Waals surface area contributed by atoms with Gasteiger partial charge in [-0.15, -0.1) is 0 Å². The minimum absolute atomic E-state index is 0.0000900. The molecule has 0 unspecified atom stereocenters. The third-order valence-electron chi connectivity index (χ3n) is 3.94. The summed E-state index contributed by atoms with van der Waals surface area (Å²) >= 11 is 0. The van der Waals surface area contributed by atoms with Crippen molar-refractivity contribution in [1.82, 2.24) is 10.3 Å². The highest BCUT2D eigenvalue weighted by atomic mass is 32.2. The maximum absolute atomic E-state index is 12.1. The summed E-state index contributed by atoms with van der Waals surface area (Å²) in [4.78, 5) is 28.1. The molecular weight excluding hydrogens is 360 g/mol. The first kappa shape index (κ1) is 18.1. The predicted molar refractivity (Wildman–Crippen MR) is 92.2 cm³/mol. The average molecular weight is 378 g/mol. The molecule has 1 aromatic carbocycles. The summed E-state index contributed by atoms with van der Waals surface area (Å²) in [5, 5.41) is 2.55. The van der Waals surface area contributed by atoms with Crippen LogP contribution in [0.1, 0.15) is 22.7 Å². The number of oxazole rings is 1. The van der Waals surface area contributed by atoms with Gasteiger partial charge in [0.1, 0.15) is 5.76 Å². The van der Waals surface area contributed by atoms with Gasteiger partial charge in [-0.2, -0.15) is 0 Å². The van der Waals surface area contributed by atoms with Crippen LogP contribution in [0, 0.1) is 6.92 Å². The second-order valence-electron chi connectivity index (χ2n) is 6.03. The topological polar surface area (TPSA) is 116 Å². The summed E-state index contributed by atoms with van der Waals surface area (Å²) in [5.41, 5.74) is 0.718. The van der Waals surface area contributed by atoms with Gasteiger partial charge in [0.25, 0.3) is 5.91 Å². The molecule has 1 aliphatic rings. The van der Waals surface area contributed by atoms with Crippen molar-refractivity contribution in [3.05, 3.63) is 41.8 Å². The van der Waals surface area contributed by atoms with Crippen LogP contribution in [-0.2, 0) is 19.4 Å². The fourth-order valence-electron chi connectivity index (χ4n) is 2.67. The molecule has 1 N–H and O–H groups in total. The Balaban J connectivity index is 1.57. The van der Waals surface area contributed by atoms with Crippen LogP contribution in [-0.4, -0.2) is 49.4 Å². The lowest BCUT2D eigenvalue weighted by Gasteiger charge is -2.10. The van der Waals surface area contributed by atoms with Gasteiger partial charge in [0, 0.05) is 11.6 Å². The maximum Gasteiger partial charge on any atom is 0.361 e. The summed E-state index contributed by atoms with van der Waals surface area (Å²) in [5.74, 6) is -0.785. The number of sulfone groups is 1. The van der Waals surface area contributed by atoms with Gasteiger partial charge in [-0.3, -0.25) is 4.79 Å². The molecule has 8 nitrogen and oxygen atoms in total. The van der Waals surface area contributed by atoms with E-state index in [1.165, 1.54) is 0 Å². The molecule has 1 aromatic heterocycles. The van der Waals surface area contributed by atoms with E-state index in [0.717, 1.165) is 5.56 Å². The molecule has 2 aromatic rings. The summed E-state index contributed by atoms with van der Waals surface area (Å²) in [6.45, 7) is 1.07. The van der Waals surface area contributed by atoms with E-state index in [-0.39, 0.29) is 28.9 Å². The van der Waals surface area contributed by atoms with Gasteiger partial charge in [0.05, 0.1) is 11.5 Å². The van der Waals surface area contributed by atoms with E-state index < -0.39 is 34.4 Å². The van der Waals surface area contributed by atoms with Gasteiger partial charge in [0.2, 0.25) is 5.89 Å². The summed E-state index contributed by atoms with van der Waals surface area (Å²) in [6, 6.07) is 8.64. The van der Waals surface area contributed by atoms with Crippen LogP contribution in [0.3, 0.4) is 0 Å². The predicted octanol–water partition coefficient (Wildman–Crippen LogP) is 1.11. The fraction of sp³-hybridized carbons (Fsp3) is 0.353. The number of hydrogen-bond acceptors (Lipinski definition) is 7. The number of ether oxygens (including phenoxy) is 1. The number of nitrogens with zero attached hydrogens (tertiary/aromatic N) is 1. The first-order valence-corrected chi connectivity index (χ1v) is 9.86. The van der Waals surface area contributed by atoms with Crippen molar-refractivity contribution in [2.24, 2.45) is 0 Å². The van der Waals surface area contributed by atoms with Gasteiger partial charge in [-0.05, 0) is 25.5 Å². The van der Waals surface area contributed by atoms with Gasteiger partial charge < -0.3 is 14.5 Å². The van der Waals surface area contributed by atoms with Crippen molar-refractivity contribution >= 4 is 21.7 Å². The number of carbonyl (C=O) groups excluding carboxylic acids is 2. The molecule has 1 aliphatic heterocycles. The van der Waals surface area contributed by atoms with Crippen LogP contribution in [0.2, 0.25) is 0 Å². The number of aryl methyl sites for hydroxylation is 1. The number of amides is 1. The minimum Gasteiger partial charge on any atom is -0.451 e. The summed E-state index contributed by atoms with van der Waals surface area (Å²) < 4.78 is 33.2. The van der Waals surface area contributed by atoms with E-state index >= 15 is 0 Å². The molecule has 2 heterocycles. The lowest BCUT2D eigenvalue weighted by Crippen LogP contribution is -2.38. The highest BCUT2D eigenvalue weighted by Crippen LogP contribution is 2.21. The third-order valence-corrected chi connectivity index (χ3v) is 5.71. The quantitative estimate of drug-likeness (QED) is 0.775. The van der Waals surface area contributed by atoms with Crippen LogP contribution in [0.5, 0.6) is 0 Å². The van der Waals surface area contributed by atoms with Gasteiger partial charge in [0.15, 0.2) is 22.1 Å². The zero-order chi connectivity index (χ0) is 18.7. The highest BCUT2D eigenvalue weighted by molar-refractivity contribution is 7.91. The maximum atomic E-state index is 12.1. The monoisotopic (exact) mass is 378 g/mol. The van der Waals surface area contributed by atoms with Crippen LogP contribution in [0.25, 0.3) is 11.5 Å². The molecule has 0 bridgehead atoms. The third kappa shape index (κ3) is 4.29. The van der Waals surface area contributed by atoms with E-state index in [2.05, 4.69) is 10.3 Å². The Morgan fingerprint density at radius 1 is 1.31 bits per heavy atom. The fourth-order valence-corrected chi connectivity index (χ4v) is 4.34. The van der Waals surface area contributed by atoms with Crippen molar-refractivity contribution in [2.75, 3.05) is 18.1 Å². The largest absolute Gasteiger partial charge is 0.451 e. The molecule has 138 valence electrons. The molecule has 0 radical (unpaired) electrons. The SMILES string of the molecule is Cc1oc(-c2ccccc2)nc1C(=O)OCC(=O)N[C@H]1CCS(=O)(=O)C1. The molecule has 1 amide bonds. The van der Waals surface area contributed by atoms with Gasteiger partial charge in [-0.25, -0.2) is 18.2 Å². The molecule has 0 saturated carbocycles. The van der Waals surface area contributed by atoms with Gasteiger partial charge in [-0.1, -0.05) is 18.2 Å². The molecular formula is C17H18N2O6S. The molecule has 1 atom stereocenters. The van der Waals surface area contributed by atoms with E-state index in [0.29, 0.717) is 6.42 Å². The number of esters is 1. The molecule has 26 heavy (non-hydrogen) atoms. The smallest absolute Gasteiger partial charge is 0.361 e. The van der Waals surface area contributed by atoms with Crippen LogP contribution >= 0.6 is 0 Å². The normalized spacial score (nSPS) is 18.4. The van der Waals surface area contributed by atoms with Crippen molar-refractivity contribution in [1.29, 1.82) is 0 Å². The second kappa shape index (κ2) is 7.28. The van der Waals surface area contributed by atoms with Crippen molar-refractivity contribution in [2.45, 2.75) is 19.4 Å². The van der Waals surface area contributed by atoms with E-state index in [9.17, 15) is 18.0 Å². The Bertz CT molecular complexity index is 920. The average Bonchev–Trinajstić information content (AvgIpc) is 3.15. The van der Waals surface area contributed by atoms with Crippen LogP contribution in [0.15, 0.2) is 34.7 Å². The number of aromatic nitrogens is 1. The van der Waals surface area contributed by atoms with Crippen LogP contribution < -0.4 is 5.32 Å². The molecule has 1 saturated heterocycles. The number of benzene rings is 1. The van der Waals surface area contributed by atoms with Crippen molar-refractivity contribution in [3.8, 4) is 11.5 Å². The lowest BCUT2D eigenvalue weighted by molar-refractivity contribution is -0.124. The van der Waals surface area contributed by atoms with Crippen molar-refractivity contribution < 1.29 is 27.2 Å². The van der Waals surface area contributed by atoms with E-state index in [4.69, 9.17) is 9.15 Å². The van der Waals surface area contributed by atoms with Gasteiger partial charge >= 0.3 is 5.97 Å². The Morgan fingerprint density at radius 3 is 2.69 bits per heavy atom. The standard InChI is InChI=1S/C17H18N2O6S/c1-11-15(19-16(25-11)12-5-3-2-4-6-12)17(21)24-9-14(20)18-13-7-8-26(22,23)10-13/h2-6,13H,7-10H2,1H3,(H,18,20)/t13-/m0/s1. The summed E-state index contributed by atoms with van der Waals surface area (Å²) in [7, 11) is -3.09. The molecule has 3 rings (SSSR count). The Kier molecular flexibility index (Phi) is 5.08. The molecule has 9 heteroatoms. The first-order valence-electron chi connectivity index (χ1n) is 8.04. The first-order chi connectivity index (χ1) is 12.3. The zero-order valence-corrected chi connectivity index (χ0v) is 14.9. The highest BCUT2D eigenvalue weighted by Gasteiger charge is 2.29. The summed E-state index contributed by atoms with van der Waals surface area (Å²) in [6.07, 6.45) is 0.366. The minimum atomic E-state index is -3.09. The zero-order valence-electron chi connectivity index (χ0n) is 14.1. The molecule has 1 fully saturated rings. The number of carbonyl (C=O) groups is 2. The lowest BCUT2D eigenvalue weighted by atomic mass is 10.2. The number of nitrogens with one attached hydrogen (secondary N) is 1. The number of hydrogen-bond donors (Lipinski definition) is 1. The molecule has 0 aliphatic carbocycles. The number of rotatable bonds is 5. The van der Waals surface area contributed by atoms with E-state index in [1.54, 1.807) is 19.1 Å². The second-order valence-corrected chi connectivity index (χ2v) is 8.26. The van der Waals surface area contributed by atoms with Crippen LogP contribution in [0.4, 0.5) is 0 Å². The van der Waals surface area contributed by atoms with E-state index in [1.807, 2.05) is 18.2 Å². The molecule has 0 spiro atoms. The van der Waals surface area contributed by atoms with Crippen molar-refractivity contribution in [3.63, 3.8) is 0 Å².